The van der Waals surface area contributed by atoms with Crippen LogP contribution in [0.2, 0.25) is 0 Å². The van der Waals surface area contributed by atoms with Crippen LogP contribution >= 0.6 is 0 Å². The fraction of sp³-hybridized carbons (Fsp3) is 0.379. The summed E-state index contributed by atoms with van der Waals surface area (Å²) in [6.45, 7) is 3.82. The molecule has 3 aromatic carbocycles. The molecule has 0 amide bonds. The number of rotatable bonds is 10. The first-order valence-electron chi connectivity index (χ1n) is 12.4. The Morgan fingerprint density at radius 1 is 0.824 bits per heavy atom. The van der Waals surface area contributed by atoms with Crippen molar-refractivity contribution in [3.8, 4) is 0 Å². The zero-order chi connectivity index (χ0) is 23.8. The smallest absolute Gasteiger partial charge is 0.242 e. The minimum absolute atomic E-state index is 0.335. The Hall–Kier alpha value is -2.47. The van der Waals surface area contributed by atoms with Crippen molar-refractivity contribution in [2.24, 2.45) is 0 Å². The van der Waals surface area contributed by atoms with Gasteiger partial charge in [0.25, 0.3) is 0 Å². The SMILES string of the molecule is CN(CCC(CCN1CCC(c2ccccc2)CC1)c1ccccc1)S(=O)(=O)c1ccccc1. The molecule has 1 aliphatic rings. The number of hydrogen-bond donors (Lipinski definition) is 0. The van der Waals surface area contributed by atoms with Crippen LogP contribution in [-0.2, 0) is 10.0 Å². The molecule has 0 bridgehead atoms. The minimum Gasteiger partial charge on any atom is -0.303 e. The molecule has 180 valence electrons. The molecular weight excluding hydrogens is 440 g/mol. The Balaban J connectivity index is 1.34. The molecule has 34 heavy (non-hydrogen) atoms. The van der Waals surface area contributed by atoms with Gasteiger partial charge in [0.1, 0.15) is 0 Å². The van der Waals surface area contributed by atoms with Crippen LogP contribution in [0.3, 0.4) is 0 Å². The third-order valence-corrected chi connectivity index (χ3v) is 9.04. The van der Waals surface area contributed by atoms with Gasteiger partial charge in [0.2, 0.25) is 10.0 Å². The van der Waals surface area contributed by atoms with E-state index in [-0.39, 0.29) is 0 Å². The van der Waals surface area contributed by atoms with Crippen molar-refractivity contribution in [3.05, 3.63) is 102 Å². The van der Waals surface area contributed by atoms with Gasteiger partial charge in [-0.3, -0.25) is 0 Å². The van der Waals surface area contributed by atoms with E-state index in [0.717, 1.165) is 32.5 Å². The lowest BCUT2D eigenvalue weighted by Gasteiger charge is -2.33. The maximum absolute atomic E-state index is 13.0. The van der Waals surface area contributed by atoms with Crippen LogP contribution < -0.4 is 0 Å². The van der Waals surface area contributed by atoms with E-state index >= 15 is 0 Å². The van der Waals surface area contributed by atoms with E-state index in [1.54, 1.807) is 31.3 Å². The second kappa shape index (κ2) is 11.8. The van der Waals surface area contributed by atoms with E-state index in [2.05, 4.69) is 59.5 Å². The Morgan fingerprint density at radius 3 is 2.00 bits per heavy atom. The summed E-state index contributed by atoms with van der Waals surface area (Å²) in [6.07, 6.45) is 4.27. The van der Waals surface area contributed by atoms with Gasteiger partial charge in [-0.2, -0.15) is 0 Å². The molecule has 0 aliphatic carbocycles. The third kappa shape index (κ3) is 6.35. The monoisotopic (exact) mass is 476 g/mol. The maximum atomic E-state index is 13.0. The fourth-order valence-electron chi connectivity index (χ4n) is 4.99. The number of sulfonamides is 1. The van der Waals surface area contributed by atoms with Crippen LogP contribution in [-0.4, -0.2) is 50.8 Å². The molecule has 1 fully saturated rings. The topological polar surface area (TPSA) is 40.6 Å². The first-order valence-corrected chi connectivity index (χ1v) is 13.8. The van der Waals surface area contributed by atoms with Gasteiger partial charge >= 0.3 is 0 Å². The normalized spacial score (nSPS) is 16.5. The number of hydrogen-bond acceptors (Lipinski definition) is 3. The molecule has 4 rings (SSSR count). The Bertz CT molecular complexity index is 1100. The molecule has 0 aromatic heterocycles. The Kier molecular flexibility index (Phi) is 8.54. The molecule has 0 spiro atoms. The molecule has 1 heterocycles. The predicted molar refractivity (Wildman–Crippen MR) is 140 cm³/mol. The molecule has 0 N–H and O–H groups in total. The molecular formula is C29H36N2O2S. The highest BCUT2D eigenvalue weighted by Crippen LogP contribution is 2.30. The van der Waals surface area contributed by atoms with Crippen molar-refractivity contribution in [1.29, 1.82) is 0 Å². The van der Waals surface area contributed by atoms with E-state index in [1.807, 2.05) is 12.1 Å². The maximum Gasteiger partial charge on any atom is 0.242 e. The molecule has 1 saturated heterocycles. The Morgan fingerprint density at radius 2 is 1.38 bits per heavy atom. The van der Waals surface area contributed by atoms with Crippen LogP contribution in [0.25, 0.3) is 0 Å². The van der Waals surface area contributed by atoms with Crippen molar-refractivity contribution >= 4 is 10.0 Å². The second-order valence-electron chi connectivity index (χ2n) is 9.35. The first kappa shape index (κ1) is 24.6. The predicted octanol–water partition coefficient (Wildman–Crippen LogP) is 5.75. The lowest BCUT2D eigenvalue weighted by molar-refractivity contribution is 0.204. The van der Waals surface area contributed by atoms with Gasteiger partial charge in [0, 0.05) is 13.6 Å². The van der Waals surface area contributed by atoms with Gasteiger partial charge < -0.3 is 4.90 Å². The number of piperidine rings is 1. The minimum atomic E-state index is -3.46. The number of nitrogens with zero attached hydrogens (tertiary/aromatic N) is 2. The number of benzene rings is 3. The van der Waals surface area contributed by atoms with Crippen LogP contribution in [0, 0.1) is 0 Å². The zero-order valence-corrected chi connectivity index (χ0v) is 20.9. The summed E-state index contributed by atoms with van der Waals surface area (Å²) in [7, 11) is -1.77. The first-order chi connectivity index (χ1) is 16.5. The van der Waals surface area contributed by atoms with Crippen molar-refractivity contribution in [2.75, 3.05) is 33.2 Å². The summed E-state index contributed by atoms with van der Waals surface area (Å²) in [5.74, 6) is 1.00. The van der Waals surface area contributed by atoms with Gasteiger partial charge in [0.05, 0.1) is 4.90 Å². The highest BCUT2D eigenvalue weighted by Gasteiger charge is 2.24. The van der Waals surface area contributed by atoms with Gasteiger partial charge in [0.15, 0.2) is 0 Å². The molecule has 4 nitrogen and oxygen atoms in total. The highest BCUT2D eigenvalue weighted by molar-refractivity contribution is 7.89. The van der Waals surface area contributed by atoms with E-state index in [4.69, 9.17) is 0 Å². The van der Waals surface area contributed by atoms with Crippen molar-refractivity contribution in [3.63, 3.8) is 0 Å². The zero-order valence-electron chi connectivity index (χ0n) is 20.1. The van der Waals surface area contributed by atoms with E-state index < -0.39 is 10.0 Å². The van der Waals surface area contributed by atoms with E-state index in [9.17, 15) is 8.42 Å². The molecule has 3 aromatic rings. The van der Waals surface area contributed by atoms with Gasteiger partial charge in [-0.05, 0) is 80.4 Å². The van der Waals surface area contributed by atoms with Crippen LogP contribution in [0.4, 0.5) is 0 Å². The molecule has 1 atom stereocenters. The molecule has 0 radical (unpaired) electrons. The van der Waals surface area contributed by atoms with Crippen molar-refractivity contribution in [2.45, 2.75) is 42.4 Å². The largest absolute Gasteiger partial charge is 0.303 e. The average molecular weight is 477 g/mol. The van der Waals surface area contributed by atoms with E-state index in [0.29, 0.717) is 23.3 Å². The van der Waals surface area contributed by atoms with Gasteiger partial charge in [-0.1, -0.05) is 78.9 Å². The van der Waals surface area contributed by atoms with E-state index in [1.165, 1.54) is 28.3 Å². The van der Waals surface area contributed by atoms with Crippen molar-refractivity contribution < 1.29 is 8.42 Å². The summed E-state index contributed by atoms with van der Waals surface area (Å²) in [5, 5.41) is 0. The second-order valence-corrected chi connectivity index (χ2v) is 11.4. The lowest BCUT2D eigenvalue weighted by atomic mass is 9.88. The molecule has 1 aliphatic heterocycles. The van der Waals surface area contributed by atoms with Crippen LogP contribution in [0.5, 0.6) is 0 Å². The Labute approximate surface area is 205 Å². The average Bonchev–Trinajstić information content (AvgIpc) is 2.90. The summed E-state index contributed by atoms with van der Waals surface area (Å²) in [6, 6.07) is 30.2. The highest BCUT2D eigenvalue weighted by atomic mass is 32.2. The van der Waals surface area contributed by atoms with Crippen LogP contribution in [0.15, 0.2) is 95.9 Å². The lowest BCUT2D eigenvalue weighted by Crippen LogP contribution is -2.34. The standard InChI is InChI=1S/C29H36N2O2S/c1-30(34(32,33)29-15-9-4-10-16-29)21-17-27(25-11-5-2-6-12-25)18-22-31-23-19-28(20-24-31)26-13-7-3-8-14-26/h2-16,27-28H,17-24H2,1H3. The van der Waals surface area contributed by atoms with Gasteiger partial charge in [-0.15, -0.1) is 0 Å². The third-order valence-electron chi connectivity index (χ3n) is 7.17. The quantitative estimate of drug-likeness (QED) is 0.374. The summed E-state index contributed by atoms with van der Waals surface area (Å²) in [5.41, 5.74) is 2.76. The molecule has 1 unspecified atom stereocenters. The van der Waals surface area contributed by atoms with Crippen molar-refractivity contribution in [1.82, 2.24) is 9.21 Å². The summed E-state index contributed by atoms with van der Waals surface area (Å²) < 4.78 is 27.4. The summed E-state index contributed by atoms with van der Waals surface area (Å²) in [4.78, 5) is 2.94. The van der Waals surface area contributed by atoms with Gasteiger partial charge in [-0.25, -0.2) is 12.7 Å². The molecule has 5 heteroatoms. The molecule has 0 saturated carbocycles. The fourth-order valence-corrected chi connectivity index (χ4v) is 6.19. The number of likely N-dealkylation sites (tertiary alicyclic amines) is 1. The van der Waals surface area contributed by atoms with Crippen LogP contribution in [0.1, 0.15) is 48.6 Å². The summed E-state index contributed by atoms with van der Waals surface area (Å²) >= 11 is 0.